The number of methoxy groups -OCH3 is 1. The van der Waals surface area contributed by atoms with Crippen LogP contribution in [-0.2, 0) is 14.3 Å². The number of ether oxygens (including phenoxy) is 2. The van der Waals surface area contributed by atoms with Crippen molar-refractivity contribution in [3.8, 4) is 5.75 Å². The summed E-state index contributed by atoms with van der Waals surface area (Å²) in [5.74, 6) is 0.248. The lowest BCUT2D eigenvalue weighted by Gasteiger charge is -2.68. The molecule has 21 heavy (non-hydrogen) atoms. The molecule has 0 saturated heterocycles. The van der Waals surface area contributed by atoms with Crippen molar-refractivity contribution >= 4 is 23.5 Å². The minimum atomic E-state index is -0.348. The molecule has 0 aromatic heterocycles. The van der Waals surface area contributed by atoms with E-state index in [0.717, 1.165) is 0 Å². The van der Waals surface area contributed by atoms with Gasteiger partial charge < -0.3 is 14.8 Å². The fraction of sp³-hybridized carbons (Fsp3) is 0.467. The van der Waals surface area contributed by atoms with Crippen LogP contribution in [0.2, 0.25) is 5.02 Å². The summed E-state index contributed by atoms with van der Waals surface area (Å²) in [5.41, 5.74) is -0.576. The van der Waals surface area contributed by atoms with Crippen molar-refractivity contribution in [2.45, 2.75) is 24.8 Å². The molecular weight excluding hydrogens is 294 g/mol. The van der Waals surface area contributed by atoms with E-state index in [1.165, 1.54) is 7.11 Å². The van der Waals surface area contributed by atoms with E-state index in [0.29, 0.717) is 30.0 Å². The summed E-state index contributed by atoms with van der Waals surface area (Å²) in [6, 6.07) is 6.83. The fourth-order valence-corrected chi connectivity index (χ4v) is 3.49. The van der Waals surface area contributed by atoms with Crippen LogP contribution in [0.15, 0.2) is 24.3 Å². The van der Waals surface area contributed by atoms with Gasteiger partial charge in [0.15, 0.2) is 6.61 Å². The first-order valence-corrected chi connectivity index (χ1v) is 7.13. The summed E-state index contributed by atoms with van der Waals surface area (Å²) in [6.07, 6.45) is 2.00. The molecule has 1 aromatic carbocycles. The molecule has 1 aromatic rings. The van der Waals surface area contributed by atoms with Crippen molar-refractivity contribution in [3.05, 3.63) is 29.3 Å². The molecule has 0 heterocycles. The Morgan fingerprint density at radius 3 is 2.43 bits per heavy atom. The molecule has 2 bridgehead atoms. The predicted octanol–water partition coefficient (Wildman–Crippen LogP) is 1.93. The standard InChI is InChI=1S/C15H16ClNO4/c1-20-13(19)14-7-15(8-14,9-14)17-12(18)6-21-11-4-2-10(16)3-5-11/h2-5H,6-9H2,1H3,(H,17,18). The lowest BCUT2D eigenvalue weighted by molar-refractivity contribution is -0.203. The minimum absolute atomic E-state index is 0.0470. The first kappa shape index (κ1) is 14.2. The van der Waals surface area contributed by atoms with Gasteiger partial charge in [0, 0.05) is 10.6 Å². The van der Waals surface area contributed by atoms with E-state index in [4.69, 9.17) is 21.1 Å². The molecule has 1 N–H and O–H groups in total. The monoisotopic (exact) mass is 309 g/mol. The van der Waals surface area contributed by atoms with Crippen molar-refractivity contribution < 1.29 is 19.1 Å². The summed E-state index contributed by atoms with van der Waals surface area (Å²) in [6.45, 7) is -0.0470. The van der Waals surface area contributed by atoms with Crippen molar-refractivity contribution in [2.24, 2.45) is 5.41 Å². The Hall–Kier alpha value is -1.75. The van der Waals surface area contributed by atoms with Gasteiger partial charge in [-0.1, -0.05) is 11.6 Å². The highest BCUT2D eigenvalue weighted by Crippen LogP contribution is 2.67. The van der Waals surface area contributed by atoms with E-state index in [1.807, 2.05) is 0 Å². The van der Waals surface area contributed by atoms with Crippen LogP contribution in [0.25, 0.3) is 0 Å². The molecule has 0 spiro atoms. The summed E-state index contributed by atoms with van der Waals surface area (Å²) < 4.78 is 10.2. The molecule has 3 saturated carbocycles. The van der Waals surface area contributed by atoms with Crippen molar-refractivity contribution in [1.29, 1.82) is 0 Å². The Kier molecular flexibility index (Phi) is 3.32. The van der Waals surface area contributed by atoms with Gasteiger partial charge in [0.05, 0.1) is 12.5 Å². The number of hydrogen-bond acceptors (Lipinski definition) is 4. The number of carbonyl (C=O) groups is 2. The minimum Gasteiger partial charge on any atom is -0.484 e. The maximum atomic E-state index is 11.9. The second-order valence-electron chi connectivity index (χ2n) is 5.87. The molecule has 1 amide bonds. The first-order valence-electron chi connectivity index (χ1n) is 6.75. The van der Waals surface area contributed by atoms with Crippen molar-refractivity contribution in [1.82, 2.24) is 5.32 Å². The normalized spacial score (nSPS) is 28.9. The van der Waals surface area contributed by atoms with Crippen LogP contribution in [0.3, 0.4) is 0 Å². The van der Waals surface area contributed by atoms with Gasteiger partial charge >= 0.3 is 5.97 Å². The molecule has 6 heteroatoms. The molecule has 3 aliphatic carbocycles. The third kappa shape index (κ3) is 2.46. The molecule has 0 aliphatic heterocycles. The molecule has 112 valence electrons. The Balaban J connectivity index is 1.45. The molecule has 5 nitrogen and oxygen atoms in total. The van der Waals surface area contributed by atoms with Crippen LogP contribution in [0.5, 0.6) is 5.75 Å². The zero-order chi connectivity index (χ0) is 15.1. The van der Waals surface area contributed by atoms with Gasteiger partial charge in [-0.2, -0.15) is 0 Å². The van der Waals surface area contributed by atoms with Gasteiger partial charge in [-0.3, -0.25) is 9.59 Å². The molecule has 3 aliphatic rings. The van der Waals surface area contributed by atoms with Crippen LogP contribution in [0.1, 0.15) is 19.3 Å². The van der Waals surface area contributed by atoms with Gasteiger partial charge in [-0.15, -0.1) is 0 Å². The number of carbonyl (C=O) groups excluding carboxylic acids is 2. The maximum absolute atomic E-state index is 11.9. The van der Waals surface area contributed by atoms with E-state index < -0.39 is 0 Å². The van der Waals surface area contributed by atoms with E-state index in [1.54, 1.807) is 24.3 Å². The lowest BCUT2D eigenvalue weighted by Crippen LogP contribution is -2.77. The van der Waals surface area contributed by atoms with E-state index in [9.17, 15) is 9.59 Å². The van der Waals surface area contributed by atoms with Crippen molar-refractivity contribution in [2.75, 3.05) is 13.7 Å². The highest BCUT2D eigenvalue weighted by molar-refractivity contribution is 6.30. The quantitative estimate of drug-likeness (QED) is 0.844. The Bertz CT molecular complexity index is 564. The number of hydrogen-bond donors (Lipinski definition) is 1. The number of amides is 1. The summed E-state index contributed by atoms with van der Waals surface area (Å²) in [4.78, 5) is 23.4. The summed E-state index contributed by atoms with van der Waals surface area (Å²) in [5, 5.41) is 3.57. The van der Waals surface area contributed by atoms with Gasteiger partial charge in [-0.25, -0.2) is 0 Å². The van der Waals surface area contributed by atoms with Crippen LogP contribution in [0.4, 0.5) is 0 Å². The Morgan fingerprint density at radius 2 is 1.86 bits per heavy atom. The number of benzene rings is 1. The maximum Gasteiger partial charge on any atom is 0.312 e. The van der Waals surface area contributed by atoms with Gasteiger partial charge in [-0.05, 0) is 43.5 Å². The van der Waals surface area contributed by atoms with Crippen LogP contribution in [-0.4, -0.2) is 31.1 Å². The van der Waals surface area contributed by atoms with Gasteiger partial charge in [0.1, 0.15) is 5.75 Å². The molecule has 0 atom stereocenters. The molecular formula is C15H16ClNO4. The van der Waals surface area contributed by atoms with E-state index in [2.05, 4.69) is 5.32 Å². The predicted molar refractivity (Wildman–Crippen MR) is 76.1 cm³/mol. The second-order valence-corrected chi connectivity index (χ2v) is 6.31. The topological polar surface area (TPSA) is 64.6 Å². The van der Waals surface area contributed by atoms with Gasteiger partial charge in [0.2, 0.25) is 0 Å². The Morgan fingerprint density at radius 1 is 1.24 bits per heavy atom. The zero-order valence-corrected chi connectivity index (χ0v) is 12.4. The average Bonchev–Trinajstić information content (AvgIpc) is 2.39. The fourth-order valence-electron chi connectivity index (χ4n) is 3.37. The first-order chi connectivity index (χ1) is 9.97. The number of rotatable bonds is 5. The zero-order valence-electron chi connectivity index (χ0n) is 11.6. The third-order valence-corrected chi connectivity index (χ3v) is 4.49. The van der Waals surface area contributed by atoms with E-state index in [-0.39, 0.29) is 29.4 Å². The third-order valence-electron chi connectivity index (χ3n) is 4.24. The Labute approximate surface area is 127 Å². The molecule has 0 radical (unpaired) electrons. The molecule has 4 rings (SSSR count). The van der Waals surface area contributed by atoms with Gasteiger partial charge in [0.25, 0.3) is 5.91 Å². The van der Waals surface area contributed by atoms with Crippen LogP contribution in [0, 0.1) is 5.41 Å². The summed E-state index contributed by atoms with van der Waals surface area (Å²) in [7, 11) is 1.40. The second kappa shape index (κ2) is 4.91. The molecule has 0 unspecified atom stereocenters. The average molecular weight is 310 g/mol. The number of nitrogens with one attached hydrogen (secondary N) is 1. The molecule has 3 fully saturated rings. The van der Waals surface area contributed by atoms with Crippen LogP contribution < -0.4 is 10.1 Å². The lowest BCUT2D eigenvalue weighted by atomic mass is 9.39. The number of esters is 1. The largest absolute Gasteiger partial charge is 0.484 e. The SMILES string of the molecule is COC(=O)C12CC(NC(=O)COc3ccc(Cl)cc3)(C1)C2. The summed E-state index contributed by atoms with van der Waals surface area (Å²) >= 11 is 5.77. The van der Waals surface area contributed by atoms with Crippen LogP contribution >= 0.6 is 11.6 Å². The highest BCUT2D eigenvalue weighted by atomic mass is 35.5. The number of halogens is 1. The highest BCUT2D eigenvalue weighted by Gasteiger charge is 2.73. The van der Waals surface area contributed by atoms with Crippen molar-refractivity contribution in [3.63, 3.8) is 0 Å². The van der Waals surface area contributed by atoms with E-state index >= 15 is 0 Å². The smallest absolute Gasteiger partial charge is 0.312 e.